The van der Waals surface area contributed by atoms with Gasteiger partial charge < -0.3 is 5.32 Å². The number of nitrogens with one attached hydrogen (secondary N) is 1. The van der Waals surface area contributed by atoms with E-state index in [-0.39, 0.29) is 0 Å². The van der Waals surface area contributed by atoms with Gasteiger partial charge in [0.1, 0.15) is 0 Å². The number of aromatic nitrogens is 1. The van der Waals surface area contributed by atoms with E-state index in [9.17, 15) is 0 Å². The van der Waals surface area contributed by atoms with Crippen molar-refractivity contribution in [3.8, 4) is 0 Å². The third-order valence-corrected chi connectivity index (χ3v) is 4.48. The van der Waals surface area contributed by atoms with Crippen LogP contribution in [0.2, 0.25) is 0 Å². The Morgan fingerprint density at radius 3 is 2.76 bits per heavy atom. The van der Waals surface area contributed by atoms with Crippen molar-refractivity contribution in [2.45, 2.75) is 38.3 Å². The highest BCUT2D eigenvalue weighted by molar-refractivity contribution is 7.07. The quantitative estimate of drug-likeness (QED) is 0.869. The second-order valence-electron chi connectivity index (χ2n) is 5.38. The molecule has 1 saturated carbocycles. The Morgan fingerprint density at radius 1 is 1.29 bits per heavy atom. The smallest absolute Gasteiger partial charge is 0.0795 e. The molecule has 0 bridgehead atoms. The van der Waals surface area contributed by atoms with E-state index >= 15 is 0 Å². The van der Waals surface area contributed by atoms with Gasteiger partial charge in [0.15, 0.2) is 0 Å². The molecule has 2 fully saturated rings. The highest BCUT2D eigenvalue weighted by Crippen LogP contribution is 2.22. The fourth-order valence-corrected chi connectivity index (χ4v) is 3.06. The zero-order valence-corrected chi connectivity index (χ0v) is 11.1. The molecule has 0 aromatic carbocycles. The van der Waals surface area contributed by atoms with E-state index in [1.165, 1.54) is 51.0 Å². The van der Waals surface area contributed by atoms with E-state index in [1.807, 2.05) is 5.51 Å². The summed E-state index contributed by atoms with van der Waals surface area (Å²) in [5.74, 6) is 0.905. The molecule has 3 rings (SSSR count). The minimum absolute atomic E-state index is 0.864. The molecule has 3 nitrogen and oxygen atoms in total. The van der Waals surface area contributed by atoms with Gasteiger partial charge in [-0.25, -0.2) is 4.98 Å². The molecule has 2 aliphatic rings. The normalized spacial score (nSPS) is 23.1. The van der Waals surface area contributed by atoms with Crippen LogP contribution in [0.5, 0.6) is 0 Å². The van der Waals surface area contributed by atoms with Crippen molar-refractivity contribution < 1.29 is 0 Å². The molecule has 0 spiro atoms. The van der Waals surface area contributed by atoms with Gasteiger partial charge in [0.25, 0.3) is 0 Å². The number of piperidine rings is 1. The van der Waals surface area contributed by atoms with Gasteiger partial charge >= 0.3 is 0 Å². The van der Waals surface area contributed by atoms with Crippen molar-refractivity contribution in [2.75, 3.05) is 19.6 Å². The van der Waals surface area contributed by atoms with Crippen LogP contribution in [-0.2, 0) is 6.54 Å². The van der Waals surface area contributed by atoms with E-state index in [0.29, 0.717) is 0 Å². The Hall–Kier alpha value is -0.450. The first-order valence-electron chi connectivity index (χ1n) is 6.73. The van der Waals surface area contributed by atoms with E-state index in [1.54, 1.807) is 11.3 Å². The fourth-order valence-electron chi connectivity index (χ4n) is 2.51. The Morgan fingerprint density at radius 2 is 2.12 bits per heavy atom. The number of hydrogen-bond donors (Lipinski definition) is 1. The third-order valence-electron chi connectivity index (χ3n) is 3.85. The molecule has 0 radical (unpaired) electrons. The van der Waals surface area contributed by atoms with Gasteiger partial charge in [0.2, 0.25) is 0 Å². The summed E-state index contributed by atoms with van der Waals surface area (Å²) in [5, 5.41) is 5.82. The standard InChI is InChI=1S/C13H21N3S/c1-2-12(1)14-7-11-3-5-16(6-4-11)8-13-9-17-10-15-13/h9-12,14H,1-8H2. The van der Waals surface area contributed by atoms with Crippen LogP contribution >= 0.6 is 11.3 Å². The molecule has 1 aliphatic heterocycles. The molecular formula is C13H21N3S. The van der Waals surface area contributed by atoms with Crippen molar-refractivity contribution in [3.05, 3.63) is 16.6 Å². The molecule has 0 atom stereocenters. The summed E-state index contributed by atoms with van der Waals surface area (Å²) in [5.41, 5.74) is 3.17. The zero-order valence-electron chi connectivity index (χ0n) is 10.3. The molecule has 1 aromatic rings. The Balaban J connectivity index is 1.37. The van der Waals surface area contributed by atoms with Gasteiger partial charge in [0, 0.05) is 18.0 Å². The van der Waals surface area contributed by atoms with Crippen LogP contribution in [0.4, 0.5) is 0 Å². The molecule has 2 heterocycles. The molecule has 1 aromatic heterocycles. The summed E-state index contributed by atoms with van der Waals surface area (Å²) in [6.07, 6.45) is 5.51. The molecule has 1 saturated heterocycles. The Kier molecular flexibility index (Phi) is 3.74. The number of likely N-dealkylation sites (tertiary alicyclic amines) is 1. The predicted octanol–water partition coefficient (Wildman–Crippen LogP) is 2.11. The Labute approximate surface area is 107 Å². The van der Waals surface area contributed by atoms with Gasteiger partial charge in [-0.3, -0.25) is 4.90 Å². The Bertz CT molecular complexity index is 326. The lowest BCUT2D eigenvalue weighted by atomic mass is 9.96. The first-order chi connectivity index (χ1) is 8.40. The summed E-state index contributed by atoms with van der Waals surface area (Å²) < 4.78 is 0. The largest absolute Gasteiger partial charge is 0.314 e. The van der Waals surface area contributed by atoms with Crippen LogP contribution in [-0.4, -0.2) is 35.6 Å². The van der Waals surface area contributed by atoms with Crippen LogP contribution in [0, 0.1) is 5.92 Å². The fraction of sp³-hybridized carbons (Fsp3) is 0.769. The average Bonchev–Trinajstić information content (AvgIpc) is 3.05. The molecule has 0 amide bonds. The first-order valence-corrected chi connectivity index (χ1v) is 7.67. The van der Waals surface area contributed by atoms with Gasteiger partial charge in [-0.1, -0.05) is 0 Å². The highest BCUT2D eigenvalue weighted by Gasteiger charge is 2.24. The van der Waals surface area contributed by atoms with Crippen LogP contribution < -0.4 is 5.32 Å². The molecule has 94 valence electrons. The van der Waals surface area contributed by atoms with Crippen LogP contribution in [0.25, 0.3) is 0 Å². The lowest BCUT2D eigenvalue weighted by Gasteiger charge is -2.31. The zero-order chi connectivity index (χ0) is 11.5. The lowest BCUT2D eigenvalue weighted by molar-refractivity contribution is 0.174. The monoisotopic (exact) mass is 251 g/mol. The molecule has 0 unspecified atom stereocenters. The number of thiazole rings is 1. The second-order valence-corrected chi connectivity index (χ2v) is 6.10. The molecule has 17 heavy (non-hydrogen) atoms. The number of nitrogens with zero attached hydrogens (tertiary/aromatic N) is 2. The average molecular weight is 251 g/mol. The number of rotatable bonds is 5. The van der Waals surface area contributed by atoms with Crippen LogP contribution in [0.15, 0.2) is 10.9 Å². The van der Waals surface area contributed by atoms with Gasteiger partial charge in [-0.2, -0.15) is 0 Å². The minimum atomic E-state index is 0.864. The van der Waals surface area contributed by atoms with Gasteiger partial charge in [-0.15, -0.1) is 11.3 Å². The predicted molar refractivity (Wildman–Crippen MR) is 71.1 cm³/mol. The van der Waals surface area contributed by atoms with E-state index in [0.717, 1.165) is 18.5 Å². The molecule has 4 heteroatoms. The van der Waals surface area contributed by atoms with Gasteiger partial charge in [-0.05, 0) is 51.2 Å². The molecular weight excluding hydrogens is 230 g/mol. The van der Waals surface area contributed by atoms with Crippen LogP contribution in [0.3, 0.4) is 0 Å². The van der Waals surface area contributed by atoms with Crippen molar-refractivity contribution in [1.29, 1.82) is 0 Å². The summed E-state index contributed by atoms with van der Waals surface area (Å²) in [6.45, 7) is 4.78. The van der Waals surface area contributed by atoms with Crippen molar-refractivity contribution in [3.63, 3.8) is 0 Å². The lowest BCUT2D eigenvalue weighted by Crippen LogP contribution is -2.37. The maximum Gasteiger partial charge on any atom is 0.0795 e. The second kappa shape index (κ2) is 5.46. The van der Waals surface area contributed by atoms with Gasteiger partial charge in [0.05, 0.1) is 11.2 Å². The summed E-state index contributed by atoms with van der Waals surface area (Å²) in [6, 6.07) is 0.864. The summed E-state index contributed by atoms with van der Waals surface area (Å²) in [4.78, 5) is 6.91. The summed E-state index contributed by atoms with van der Waals surface area (Å²) >= 11 is 1.70. The van der Waals surface area contributed by atoms with Crippen molar-refractivity contribution >= 4 is 11.3 Å². The topological polar surface area (TPSA) is 28.2 Å². The van der Waals surface area contributed by atoms with E-state index in [4.69, 9.17) is 0 Å². The van der Waals surface area contributed by atoms with Crippen LogP contribution in [0.1, 0.15) is 31.4 Å². The maximum absolute atomic E-state index is 4.36. The van der Waals surface area contributed by atoms with E-state index in [2.05, 4.69) is 20.6 Å². The maximum atomic E-state index is 4.36. The highest BCUT2D eigenvalue weighted by atomic mass is 32.1. The molecule has 1 N–H and O–H groups in total. The third kappa shape index (κ3) is 3.50. The first kappa shape index (κ1) is 11.6. The summed E-state index contributed by atoms with van der Waals surface area (Å²) in [7, 11) is 0. The van der Waals surface area contributed by atoms with E-state index < -0.39 is 0 Å². The SMILES string of the molecule is c1nc(CN2CCC(CNC3CC3)CC2)cs1. The molecule has 1 aliphatic carbocycles. The van der Waals surface area contributed by atoms with Crippen molar-refractivity contribution in [2.24, 2.45) is 5.92 Å². The number of hydrogen-bond acceptors (Lipinski definition) is 4. The van der Waals surface area contributed by atoms with Crippen molar-refractivity contribution in [1.82, 2.24) is 15.2 Å². The minimum Gasteiger partial charge on any atom is -0.314 e.